The normalized spacial score (nSPS) is 11.9. The van der Waals surface area contributed by atoms with Crippen LogP contribution in [0.1, 0.15) is 18.0 Å². The topological polar surface area (TPSA) is 51.2 Å². The summed E-state index contributed by atoms with van der Waals surface area (Å²) in [6.45, 7) is 2.08. The van der Waals surface area contributed by atoms with Crippen molar-refractivity contribution in [2.75, 3.05) is 11.9 Å². The zero-order chi connectivity index (χ0) is 14.5. The van der Waals surface area contributed by atoms with E-state index in [0.29, 0.717) is 16.0 Å². The number of halogens is 2. The van der Waals surface area contributed by atoms with Crippen molar-refractivity contribution in [1.29, 1.82) is 0 Å². The SMILES string of the molecule is CCOC(=O)C(Nc1ccc(Br)cc1)c1ncc(Cl)s1. The van der Waals surface area contributed by atoms with Crippen LogP contribution in [0.5, 0.6) is 0 Å². The third kappa shape index (κ3) is 3.94. The lowest BCUT2D eigenvalue weighted by atomic mass is 10.2. The summed E-state index contributed by atoms with van der Waals surface area (Å²) in [5, 5.41) is 3.69. The molecule has 0 amide bonds. The van der Waals surface area contributed by atoms with Crippen molar-refractivity contribution in [2.45, 2.75) is 13.0 Å². The number of ether oxygens (including phenoxy) is 1. The molecule has 4 nitrogen and oxygen atoms in total. The molecule has 0 bridgehead atoms. The Hall–Kier alpha value is -1.11. The molecule has 0 saturated heterocycles. The summed E-state index contributed by atoms with van der Waals surface area (Å²) in [7, 11) is 0. The van der Waals surface area contributed by atoms with Gasteiger partial charge in [0.15, 0.2) is 6.04 Å². The quantitative estimate of drug-likeness (QED) is 0.793. The predicted molar refractivity (Wildman–Crippen MR) is 84.3 cm³/mol. The second-order valence-corrected chi connectivity index (χ2v) is 6.45. The van der Waals surface area contributed by atoms with Crippen LogP contribution in [0.3, 0.4) is 0 Å². The van der Waals surface area contributed by atoms with Gasteiger partial charge in [-0.05, 0) is 31.2 Å². The molecule has 1 unspecified atom stereocenters. The lowest BCUT2D eigenvalue weighted by molar-refractivity contribution is -0.144. The summed E-state index contributed by atoms with van der Waals surface area (Å²) < 4.78 is 6.58. The fourth-order valence-corrected chi connectivity index (χ4v) is 2.79. The maximum Gasteiger partial charge on any atom is 0.335 e. The highest BCUT2D eigenvalue weighted by Crippen LogP contribution is 2.28. The zero-order valence-corrected chi connectivity index (χ0v) is 13.8. The number of anilines is 1. The molecule has 1 heterocycles. The lowest BCUT2D eigenvalue weighted by Gasteiger charge is -2.16. The molecule has 1 N–H and O–H groups in total. The van der Waals surface area contributed by atoms with Gasteiger partial charge in [0.05, 0.1) is 12.8 Å². The van der Waals surface area contributed by atoms with Crippen LogP contribution in [0, 0.1) is 0 Å². The van der Waals surface area contributed by atoms with E-state index in [9.17, 15) is 4.79 Å². The Bertz CT molecular complexity index is 588. The molecular weight excluding hydrogens is 364 g/mol. The lowest BCUT2D eigenvalue weighted by Crippen LogP contribution is -2.23. The first-order valence-corrected chi connectivity index (χ1v) is 7.89. The first kappa shape index (κ1) is 15.3. The summed E-state index contributed by atoms with van der Waals surface area (Å²) in [6, 6.07) is 6.85. The smallest absolute Gasteiger partial charge is 0.335 e. The number of esters is 1. The van der Waals surface area contributed by atoms with Gasteiger partial charge in [-0.15, -0.1) is 11.3 Å². The molecule has 2 rings (SSSR count). The minimum atomic E-state index is -0.659. The highest BCUT2D eigenvalue weighted by Gasteiger charge is 2.25. The van der Waals surface area contributed by atoms with Crippen LogP contribution in [0.25, 0.3) is 0 Å². The van der Waals surface area contributed by atoms with E-state index in [1.165, 1.54) is 17.5 Å². The number of rotatable bonds is 5. The second kappa shape index (κ2) is 7.06. The van der Waals surface area contributed by atoms with E-state index in [0.717, 1.165) is 10.2 Å². The molecule has 20 heavy (non-hydrogen) atoms. The molecule has 1 atom stereocenters. The first-order chi connectivity index (χ1) is 9.60. The van der Waals surface area contributed by atoms with Gasteiger partial charge in [-0.2, -0.15) is 0 Å². The summed E-state index contributed by atoms with van der Waals surface area (Å²) in [6.07, 6.45) is 1.52. The van der Waals surface area contributed by atoms with Crippen LogP contribution in [-0.2, 0) is 9.53 Å². The molecule has 1 aromatic heterocycles. The number of aromatic nitrogens is 1. The molecule has 2 aromatic rings. The highest BCUT2D eigenvalue weighted by molar-refractivity contribution is 9.10. The van der Waals surface area contributed by atoms with Gasteiger partial charge in [-0.1, -0.05) is 27.5 Å². The van der Waals surface area contributed by atoms with E-state index in [4.69, 9.17) is 16.3 Å². The maximum atomic E-state index is 12.1. The number of thiazole rings is 1. The Balaban J connectivity index is 2.22. The van der Waals surface area contributed by atoms with Crippen molar-refractivity contribution in [3.8, 4) is 0 Å². The van der Waals surface area contributed by atoms with Gasteiger partial charge in [0.2, 0.25) is 0 Å². The third-order valence-electron chi connectivity index (χ3n) is 2.42. The molecule has 0 aliphatic carbocycles. The minimum Gasteiger partial charge on any atom is -0.464 e. The van der Waals surface area contributed by atoms with Crippen LogP contribution >= 0.6 is 38.9 Å². The molecule has 0 radical (unpaired) electrons. The summed E-state index contributed by atoms with van der Waals surface area (Å²) >= 11 is 10.5. The van der Waals surface area contributed by atoms with Gasteiger partial charge in [0.1, 0.15) is 9.34 Å². The number of carbonyl (C=O) groups is 1. The molecule has 0 saturated carbocycles. The molecule has 0 aliphatic rings. The van der Waals surface area contributed by atoms with E-state index >= 15 is 0 Å². The van der Waals surface area contributed by atoms with E-state index in [1.54, 1.807) is 6.92 Å². The molecule has 0 aliphatic heterocycles. The Morgan fingerprint density at radius 3 is 2.75 bits per heavy atom. The standard InChI is InChI=1S/C13H12BrClN2O2S/c1-2-19-13(18)11(12-16-7-10(15)20-12)17-9-5-3-8(14)4-6-9/h3-7,11,17H,2H2,1H3. The number of benzene rings is 1. The van der Waals surface area contributed by atoms with Crippen molar-refractivity contribution in [3.05, 3.63) is 44.3 Å². The number of nitrogens with zero attached hydrogens (tertiary/aromatic N) is 1. The third-order valence-corrected chi connectivity index (χ3v) is 4.13. The average Bonchev–Trinajstić information content (AvgIpc) is 2.84. The Kier molecular flexibility index (Phi) is 5.39. The zero-order valence-electron chi connectivity index (χ0n) is 10.6. The van der Waals surface area contributed by atoms with Crippen LogP contribution in [-0.4, -0.2) is 17.6 Å². The fourth-order valence-electron chi connectivity index (χ4n) is 1.56. The predicted octanol–water partition coefficient (Wildman–Crippen LogP) is 4.28. The van der Waals surface area contributed by atoms with E-state index in [1.807, 2.05) is 24.3 Å². The largest absolute Gasteiger partial charge is 0.464 e. The fraction of sp³-hybridized carbons (Fsp3) is 0.231. The molecular formula is C13H12BrClN2O2S. The molecule has 1 aromatic carbocycles. The van der Waals surface area contributed by atoms with Crippen molar-refractivity contribution >= 4 is 50.5 Å². The van der Waals surface area contributed by atoms with E-state index in [2.05, 4.69) is 26.2 Å². The van der Waals surface area contributed by atoms with Gasteiger partial charge >= 0.3 is 5.97 Å². The maximum absolute atomic E-state index is 12.1. The van der Waals surface area contributed by atoms with Crippen LogP contribution in [0.2, 0.25) is 4.34 Å². The van der Waals surface area contributed by atoms with Crippen molar-refractivity contribution in [1.82, 2.24) is 4.98 Å². The van der Waals surface area contributed by atoms with Gasteiger partial charge < -0.3 is 10.1 Å². The van der Waals surface area contributed by atoms with Crippen LogP contribution in [0.4, 0.5) is 5.69 Å². The number of hydrogen-bond donors (Lipinski definition) is 1. The summed E-state index contributed by atoms with van der Waals surface area (Å²) in [5.74, 6) is -0.374. The van der Waals surface area contributed by atoms with E-state index < -0.39 is 6.04 Å². The van der Waals surface area contributed by atoms with Gasteiger partial charge in [0.25, 0.3) is 0 Å². The van der Waals surface area contributed by atoms with Gasteiger partial charge in [-0.3, -0.25) is 0 Å². The summed E-state index contributed by atoms with van der Waals surface area (Å²) in [4.78, 5) is 16.2. The van der Waals surface area contributed by atoms with Gasteiger partial charge in [0, 0.05) is 10.2 Å². The monoisotopic (exact) mass is 374 g/mol. The Morgan fingerprint density at radius 2 is 2.20 bits per heavy atom. The summed E-state index contributed by atoms with van der Waals surface area (Å²) in [5.41, 5.74) is 0.803. The molecule has 7 heteroatoms. The number of hydrogen-bond acceptors (Lipinski definition) is 5. The second-order valence-electron chi connectivity index (χ2n) is 3.84. The van der Waals surface area contributed by atoms with Gasteiger partial charge in [-0.25, -0.2) is 9.78 Å². The minimum absolute atomic E-state index is 0.316. The molecule has 106 valence electrons. The van der Waals surface area contributed by atoms with E-state index in [-0.39, 0.29) is 5.97 Å². The number of nitrogens with one attached hydrogen (secondary N) is 1. The average molecular weight is 376 g/mol. The van der Waals surface area contributed by atoms with Crippen molar-refractivity contribution < 1.29 is 9.53 Å². The van der Waals surface area contributed by atoms with Crippen molar-refractivity contribution in [3.63, 3.8) is 0 Å². The Morgan fingerprint density at radius 1 is 1.50 bits per heavy atom. The first-order valence-electron chi connectivity index (χ1n) is 5.90. The van der Waals surface area contributed by atoms with Crippen molar-refractivity contribution in [2.24, 2.45) is 0 Å². The molecule has 0 fully saturated rings. The van der Waals surface area contributed by atoms with Crippen LogP contribution in [0.15, 0.2) is 34.9 Å². The molecule has 0 spiro atoms. The Labute approximate surface area is 134 Å². The van der Waals surface area contributed by atoms with Crippen LogP contribution < -0.4 is 5.32 Å². The highest BCUT2D eigenvalue weighted by atomic mass is 79.9. The number of carbonyl (C=O) groups excluding carboxylic acids is 1.